The van der Waals surface area contributed by atoms with E-state index in [1.165, 1.54) is 24.7 Å². The van der Waals surface area contributed by atoms with E-state index in [0.717, 1.165) is 6.42 Å². The molecule has 2 atom stereocenters. The van der Waals surface area contributed by atoms with Crippen LogP contribution in [0.15, 0.2) is 18.2 Å². The van der Waals surface area contributed by atoms with Gasteiger partial charge in [0.2, 0.25) is 0 Å². The Hall–Kier alpha value is -0.290. The smallest absolute Gasteiger partial charge is 0.127 e. The van der Waals surface area contributed by atoms with Crippen LogP contribution in [0.1, 0.15) is 24.8 Å². The molecule has 18 heavy (non-hydrogen) atoms. The van der Waals surface area contributed by atoms with Gasteiger partial charge in [0.1, 0.15) is 5.82 Å². The van der Waals surface area contributed by atoms with Crippen LogP contribution in [0.2, 0.25) is 5.02 Å². The van der Waals surface area contributed by atoms with Crippen LogP contribution in [0, 0.1) is 5.82 Å². The molecule has 1 aliphatic rings. The molecule has 0 aliphatic carbocycles. The van der Waals surface area contributed by atoms with Crippen molar-refractivity contribution in [1.82, 2.24) is 5.43 Å². The van der Waals surface area contributed by atoms with Crippen LogP contribution in [-0.4, -0.2) is 17.0 Å². The summed E-state index contributed by atoms with van der Waals surface area (Å²) in [6, 6.07) is 4.95. The zero-order valence-electron chi connectivity index (χ0n) is 10.2. The summed E-state index contributed by atoms with van der Waals surface area (Å²) < 4.78 is 13.8. The Morgan fingerprint density at radius 1 is 1.50 bits per heavy atom. The van der Waals surface area contributed by atoms with Gasteiger partial charge in [0, 0.05) is 16.3 Å². The van der Waals surface area contributed by atoms with E-state index in [9.17, 15) is 4.39 Å². The van der Waals surface area contributed by atoms with Crippen LogP contribution >= 0.6 is 23.4 Å². The topological polar surface area (TPSA) is 38.0 Å². The molecular weight excluding hydrogens is 271 g/mol. The third kappa shape index (κ3) is 3.60. The first kappa shape index (κ1) is 14.1. The minimum absolute atomic E-state index is 0.117. The molecule has 1 aromatic carbocycles. The van der Waals surface area contributed by atoms with Gasteiger partial charge in [0.15, 0.2) is 0 Å². The summed E-state index contributed by atoms with van der Waals surface area (Å²) in [5.74, 6) is 6.55. The van der Waals surface area contributed by atoms with Crippen molar-refractivity contribution in [3.63, 3.8) is 0 Å². The van der Waals surface area contributed by atoms with Crippen molar-refractivity contribution >= 4 is 23.4 Å². The van der Waals surface area contributed by atoms with Crippen molar-refractivity contribution < 1.29 is 4.39 Å². The molecular formula is C13H18ClFN2S. The second-order valence-electron chi connectivity index (χ2n) is 4.62. The van der Waals surface area contributed by atoms with Crippen LogP contribution in [0.25, 0.3) is 0 Å². The lowest BCUT2D eigenvalue weighted by Crippen LogP contribution is -2.45. The summed E-state index contributed by atoms with van der Waals surface area (Å²) in [7, 11) is 0. The number of halogens is 2. The highest BCUT2D eigenvalue weighted by atomic mass is 35.5. The fourth-order valence-corrected chi connectivity index (χ4v) is 3.88. The molecule has 0 spiro atoms. The molecule has 1 saturated heterocycles. The predicted molar refractivity (Wildman–Crippen MR) is 76.3 cm³/mol. The van der Waals surface area contributed by atoms with E-state index in [2.05, 4.69) is 5.43 Å². The summed E-state index contributed by atoms with van der Waals surface area (Å²) in [4.78, 5) is 0. The van der Waals surface area contributed by atoms with Crippen LogP contribution in [0.5, 0.6) is 0 Å². The van der Waals surface area contributed by atoms with Gasteiger partial charge < -0.3 is 0 Å². The first-order valence-corrected chi connectivity index (χ1v) is 7.65. The maximum Gasteiger partial charge on any atom is 0.127 e. The molecule has 100 valence electrons. The summed E-state index contributed by atoms with van der Waals surface area (Å²) in [6.45, 7) is 0. The summed E-state index contributed by atoms with van der Waals surface area (Å²) in [5.41, 5.74) is 3.52. The van der Waals surface area contributed by atoms with Crippen molar-refractivity contribution in [3.8, 4) is 0 Å². The first-order chi connectivity index (χ1) is 8.70. The first-order valence-electron chi connectivity index (χ1n) is 6.22. The third-order valence-electron chi connectivity index (χ3n) is 3.33. The molecule has 1 heterocycles. The van der Waals surface area contributed by atoms with Crippen LogP contribution in [0.3, 0.4) is 0 Å². The number of benzene rings is 1. The summed E-state index contributed by atoms with van der Waals surface area (Å²) in [6.07, 6.45) is 4.26. The Balaban J connectivity index is 2.04. The Bertz CT molecular complexity index is 397. The minimum Gasteiger partial charge on any atom is -0.271 e. The van der Waals surface area contributed by atoms with Gasteiger partial charge in [-0.25, -0.2) is 4.39 Å². The van der Waals surface area contributed by atoms with Crippen molar-refractivity contribution in [1.29, 1.82) is 0 Å². The number of nitrogens with one attached hydrogen (secondary N) is 1. The van der Waals surface area contributed by atoms with E-state index in [4.69, 9.17) is 17.4 Å². The van der Waals surface area contributed by atoms with Crippen LogP contribution in [-0.2, 0) is 6.42 Å². The maximum absolute atomic E-state index is 13.8. The van der Waals surface area contributed by atoms with Gasteiger partial charge in [0.25, 0.3) is 0 Å². The standard InChI is InChI=1S/C13H18ClFN2S/c14-10-5-4-9(11(15)8-10)7-12(17-16)13-3-1-2-6-18-13/h4-5,8,12-13,17H,1-3,6-7,16H2. The van der Waals surface area contributed by atoms with E-state index >= 15 is 0 Å². The largest absolute Gasteiger partial charge is 0.271 e. The van der Waals surface area contributed by atoms with Gasteiger partial charge in [-0.15, -0.1) is 0 Å². The van der Waals surface area contributed by atoms with Gasteiger partial charge >= 0.3 is 0 Å². The highest BCUT2D eigenvalue weighted by molar-refractivity contribution is 8.00. The summed E-state index contributed by atoms with van der Waals surface area (Å²) >= 11 is 7.68. The molecule has 0 radical (unpaired) electrons. The number of nitrogens with two attached hydrogens (primary N) is 1. The SMILES string of the molecule is NNC(Cc1ccc(Cl)cc1F)C1CCCCS1. The van der Waals surface area contributed by atoms with Crippen LogP contribution in [0.4, 0.5) is 4.39 Å². The second-order valence-corrected chi connectivity index (χ2v) is 6.40. The molecule has 2 unspecified atom stereocenters. The van der Waals surface area contributed by atoms with Gasteiger partial charge in [0.05, 0.1) is 0 Å². The molecule has 1 fully saturated rings. The normalized spacial score (nSPS) is 21.8. The summed E-state index contributed by atoms with van der Waals surface area (Å²) in [5, 5.41) is 0.902. The Morgan fingerprint density at radius 3 is 2.94 bits per heavy atom. The fraction of sp³-hybridized carbons (Fsp3) is 0.538. The Kier molecular flexibility index (Phi) is 5.30. The average Bonchev–Trinajstić information content (AvgIpc) is 2.39. The van der Waals surface area contributed by atoms with E-state index < -0.39 is 0 Å². The molecule has 3 N–H and O–H groups in total. The van der Waals surface area contributed by atoms with E-state index in [1.54, 1.807) is 12.1 Å². The number of hydrogen-bond donors (Lipinski definition) is 2. The Labute approximate surface area is 116 Å². The van der Waals surface area contributed by atoms with Crippen molar-refractivity contribution in [2.24, 2.45) is 5.84 Å². The molecule has 2 rings (SSSR count). The number of rotatable bonds is 4. The van der Waals surface area contributed by atoms with E-state index in [0.29, 0.717) is 22.3 Å². The molecule has 5 heteroatoms. The van der Waals surface area contributed by atoms with Crippen molar-refractivity contribution in [2.45, 2.75) is 37.0 Å². The van der Waals surface area contributed by atoms with Gasteiger partial charge in [-0.05, 0) is 42.7 Å². The van der Waals surface area contributed by atoms with E-state index in [1.807, 2.05) is 11.8 Å². The Morgan fingerprint density at radius 2 is 2.33 bits per heavy atom. The zero-order chi connectivity index (χ0) is 13.0. The number of thioether (sulfide) groups is 1. The highest BCUT2D eigenvalue weighted by Crippen LogP contribution is 2.29. The lowest BCUT2D eigenvalue weighted by molar-refractivity contribution is 0.463. The molecule has 0 amide bonds. The lowest BCUT2D eigenvalue weighted by atomic mass is 9.99. The van der Waals surface area contributed by atoms with E-state index in [-0.39, 0.29) is 11.9 Å². The molecule has 2 nitrogen and oxygen atoms in total. The maximum atomic E-state index is 13.8. The molecule has 1 aromatic rings. The highest BCUT2D eigenvalue weighted by Gasteiger charge is 2.24. The monoisotopic (exact) mass is 288 g/mol. The molecule has 0 saturated carbocycles. The molecule has 1 aliphatic heterocycles. The van der Waals surface area contributed by atoms with Crippen molar-refractivity contribution in [3.05, 3.63) is 34.6 Å². The zero-order valence-corrected chi connectivity index (χ0v) is 11.7. The lowest BCUT2D eigenvalue weighted by Gasteiger charge is -2.29. The average molecular weight is 289 g/mol. The number of hydrazine groups is 1. The fourth-order valence-electron chi connectivity index (χ4n) is 2.30. The minimum atomic E-state index is -0.247. The number of hydrogen-bond acceptors (Lipinski definition) is 3. The molecule has 0 bridgehead atoms. The van der Waals surface area contributed by atoms with Crippen molar-refractivity contribution in [2.75, 3.05) is 5.75 Å². The van der Waals surface area contributed by atoms with Gasteiger partial charge in [-0.2, -0.15) is 11.8 Å². The second kappa shape index (κ2) is 6.75. The molecule has 0 aromatic heterocycles. The predicted octanol–water partition coefficient (Wildman–Crippen LogP) is 3.14. The third-order valence-corrected chi connectivity index (χ3v) is 5.08. The van der Waals surface area contributed by atoms with Crippen LogP contribution < -0.4 is 11.3 Å². The quantitative estimate of drug-likeness (QED) is 0.660. The van der Waals surface area contributed by atoms with Gasteiger partial charge in [-0.3, -0.25) is 11.3 Å². The van der Waals surface area contributed by atoms with Gasteiger partial charge in [-0.1, -0.05) is 24.1 Å².